The molecule has 1 amide bonds. The first kappa shape index (κ1) is 17.9. The van der Waals surface area contributed by atoms with Crippen LogP contribution in [0, 0.1) is 11.3 Å². The van der Waals surface area contributed by atoms with Crippen LogP contribution >= 0.6 is 0 Å². The van der Waals surface area contributed by atoms with Gasteiger partial charge < -0.3 is 14.4 Å². The van der Waals surface area contributed by atoms with Gasteiger partial charge in [-0.15, -0.1) is 0 Å². The second-order valence-corrected chi connectivity index (χ2v) is 5.46. The molecule has 0 saturated heterocycles. The van der Waals surface area contributed by atoms with Crippen molar-refractivity contribution < 1.29 is 19.1 Å². The van der Waals surface area contributed by atoms with E-state index in [1.807, 2.05) is 27.7 Å². The van der Waals surface area contributed by atoms with Crippen LogP contribution in [-0.2, 0) is 19.1 Å². The van der Waals surface area contributed by atoms with E-state index in [1.165, 1.54) is 0 Å². The van der Waals surface area contributed by atoms with Gasteiger partial charge in [-0.2, -0.15) is 0 Å². The van der Waals surface area contributed by atoms with E-state index in [-0.39, 0.29) is 12.5 Å². The fraction of sp³-hybridized carbons (Fsp3) is 0.857. The van der Waals surface area contributed by atoms with Gasteiger partial charge in [0.15, 0.2) is 0 Å². The molecule has 1 unspecified atom stereocenters. The van der Waals surface area contributed by atoms with Crippen LogP contribution in [0.25, 0.3) is 0 Å². The van der Waals surface area contributed by atoms with Gasteiger partial charge in [0.1, 0.15) is 5.92 Å². The largest absolute Gasteiger partial charge is 0.465 e. The Balaban J connectivity index is 5.03. The number of likely N-dealkylation sites (N-methyl/N-ethyl adjacent to an activating group) is 1. The van der Waals surface area contributed by atoms with Crippen LogP contribution in [0.3, 0.4) is 0 Å². The summed E-state index contributed by atoms with van der Waals surface area (Å²) in [5, 5.41) is 0. The fourth-order valence-electron chi connectivity index (χ4n) is 1.86. The monoisotopic (exact) mass is 273 g/mol. The number of carbonyl (C=O) groups is 2. The molecule has 5 heteroatoms. The van der Waals surface area contributed by atoms with Gasteiger partial charge in [-0.05, 0) is 19.3 Å². The molecular formula is C14H27NO4. The molecule has 0 aliphatic rings. The van der Waals surface area contributed by atoms with Crippen molar-refractivity contribution in [2.24, 2.45) is 11.3 Å². The molecule has 0 rings (SSSR count). The minimum Gasteiger partial charge on any atom is -0.465 e. The predicted octanol–water partition coefficient (Wildman–Crippen LogP) is 1.71. The summed E-state index contributed by atoms with van der Waals surface area (Å²) in [5.74, 6) is -1.41. The lowest BCUT2D eigenvalue weighted by molar-refractivity contribution is -0.160. The van der Waals surface area contributed by atoms with Crippen LogP contribution in [0.4, 0.5) is 0 Å². The van der Waals surface area contributed by atoms with Crippen molar-refractivity contribution in [3.8, 4) is 0 Å². The Morgan fingerprint density at radius 1 is 1.21 bits per heavy atom. The minimum absolute atomic E-state index is 0.189. The summed E-state index contributed by atoms with van der Waals surface area (Å²) in [7, 11) is 1.59. The standard InChI is InChI=1S/C14H27NO4/c1-7-15(9-10-18-6)12(16)11(14(3,4)5)13(17)19-8-2/h11H,7-10H2,1-6H3. The van der Waals surface area contributed by atoms with Gasteiger partial charge in [0.05, 0.1) is 13.2 Å². The predicted molar refractivity (Wildman–Crippen MR) is 73.7 cm³/mol. The number of methoxy groups -OCH3 is 1. The van der Waals surface area contributed by atoms with Crippen molar-refractivity contribution in [1.82, 2.24) is 4.90 Å². The maximum absolute atomic E-state index is 12.5. The Labute approximate surface area is 116 Å². The molecule has 0 aliphatic carbocycles. The highest BCUT2D eigenvalue weighted by atomic mass is 16.5. The van der Waals surface area contributed by atoms with Gasteiger partial charge in [-0.1, -0.05) is 20.8 Å². The van der Waals surface area contributed by atoms with Crippen molar-refractivity contribution in [2.45, 2.75) is 34.6 Å². The lowest BCUT2D eigenvalue weighted by atomic mass is 9.79. The average molecular weight is 273 g/mol. The smallest absolute Gasteiger partial charge is 0.319 e. The van der Waals surface area contributed by atoms with Crippen molar-refractivity contribution in [2.75, 3.05) is 33.4 Å². The van der Waals surface area contributed by atoms with E-state index in [4.69, 9.17) is 9.47 Å². The zero-order valence-electron chi connectivity index (χ0n) is 13.0. The normalized spacial score (nSPS) is 12.9. The first-order valence-corrected chi connectivity index (χ1v) is 6.73. The molecule has 1 atom stereocenters. The number of carbonyl (C=O) groups excluding carboxylic acids is 2. The maximum Gasteiger partial charge on any atom is 0.319 e. The Hall–Kier alpha value is -1.10. The molecule has 0 saturated carbocycles. The second-order valence-electron chi connectivity index (χ2n) is 5.46. The summed E-state index contributed by atoms with van der Waals surface area (Å²) in [6.45, 7) is 11.0. The van der Waals surface area contributed by atoms with Crippen LogP contribution in [0.15, 0.2) is 0 Å². The van der Waals surface area contributed by atoms with Gasteiger partial charge in [0.2, 0.25) is 5.91 Å². The quantitative estimate of drug-likeness (QED) is 0.523. The van der Waals surface area contributed by atoms with E-state index in [0.29, 0.717) is 19.7 Å². The number of esters is 1. The third-order valence-corrected chi connectivity index (χ3v) is 2.89. The summed E-state index contributed by atoms with van der Waals surface area (Å²) < 4.78 is 10.0. The Kier molecular flexibility index (Phi) is 7.68. The van der Waals surface area contributed by atoms with Crippen LogP contribution in [0.1, 0.15) is 34.6 Å². The lowest BCUT2D eigenvalue weighted by Gasteiger charge is -2.32. The third kappa shape index (κ3) is 5.59. The zero-order valence-corrected chi connectivity index (χ0v) is 13.0. The number of rotatable bonds is 7. The average Bonchev–Trinajstić information content (AvgIpc) is 2.28. The van der Waals surface area contributed by atoms with Crippen molar-refractivity contribution in [1.29, 1.82) is 0 Å². The lowest BCUT2D eigenvalue weighted by Crippen LogP contribution is -2.46. The molecule has 0 bridgehead atoms. The highest BCUT2D eigenvalue weighted by Gasteiger charge is 2.40. The molecule has 0 radical (unpaired) electrons. The fourth-order valence-corrected chi connectivity index (χ4v) is 1.86. The maximum atomic E-state index is 12.5. The molecule has 5 nitrogen and oxygen atoms in total. The SMILES string of the molecule is CCOC(=O)C(C(=O)N(CC)CCOC)C(C)(C)C. The molecule has 0 spiro atoms. The number of hydrogen-bond donors (Lipinski definition) is 0. The number of nitrogens with zero attached hydrogens (tertiary/aromatic N) is 1. The van der Waals surface area contributed by atoms with Crippen LogP contribution < -0.4 is 0 Å². The second kappa shape index (κ2) is 8.15. The van der Waals surface area contributed by atoms with E-state index < -0.39 is 17.3 Å². The Morgan fingerprint density at radius 2 is 1.79 bits per heavy atom. The first-order valence-electron chi connectivity index (χ1n) is 6.73. The van der Waals surface area contributed by atoms with Gasteiger partial charge >= 0.3 is 5.97 Å². The molecule has 0 aromatic carbocycles. The van der Waals surface area contributed by atoms with Crippen LogP contribution in [0.2, 0.25) is 0 Å². The first-order chi connectivity index (χ1) is 8.79. The molecule has 0 aliphatic heterocycles. The molecule has 19 heavy (non-hydrogen) atoms. The summed E-state index contributed by atoms with van der Waals surface area (Å²) in [5.41, 5.74) is -0.468. The summed E-state index contributed by atoms with van der Waals surface area (Å²) in [4.78, 5) is 26.2. The molecule has 0 N–H and O–H groups in total. The van der Waals surface area contributed by atoms with Gasteiger partial charge in [0.25, 0.3) is 0 Å². The molecule has 0 fully saturated rings. The van der Waals surface area contributed by atoms with E-state index in [9.17, 15) is 9.59 Å². The number of ether oxygens (including phenoxy) is 2. The summed E-state index contributed by atoms with van der Waals surface area (Å²) >= 11 is 0. The molecule has 0 aromatic rings. The Bertz CT molecular complexity index is 296. The summed E-state index contributed by atoms with van der Waals surface area (Å²) in [6, 6.07) is 0. The van der Waals surface area contributed by atoms with E-state index in [1.54, 1.807) is 18.9 Å². The van der Waals surface area contributed by atoms with Crippen LogP contribution in [-0.4, -0.2) is 50.2 Å². The van der Waals surface area contributed by atoms with Crippen molar-refractivity contribution in [3.05, 3.63) is 0 Å². The highest BCUT2D eigenvalue weighted by molar-refractivity contribution is 5.98. The van der Waals surface area contributed by atoms with Gasteiger partial charge in [0, 0.05) is 20.2 Å². The zero-order chi connectivity index (χ0) is 15.1. The van der Waals surface area contributed by atoms with Crippen molar-refractivity contribution in [3.63, 3.8) is 0 Å². The Morgan fingerprint density at radius 3 is 2.16 bits per heavy atom. The van der Waals surface area contributed by atoms with Gasteiger partial charge in [-0.25, -0.2) is 0 Å². The molecular weight excluding hydrogens is 246 g/mol. The van der Waals surface area contributed by atoms with Crippen LogP contribution in [0.5, 0.6) is 0 Å². The molecule has 112 valence electrons. The summed E-state index contributed by atoms with van der Waals surface area (Å²) in [6.07, 6.45) is 0. The van der Waals surface area contributed by atoms with Crippen molar-refractivity contribution >= 4 is 11.9 Å². The molecule has 0 heterocycles. The van der Waals surface area contributed by atoms with Gasteiger partial charge in [-0.3, -0.25) is 9.59 Å². The third-order valence-electron chi connectivity index (χ3n) is 2.89. The highest BCUT2D eigenvalue weighted by Crippen LogP contribution is 2.29. The topological polar surface area (TPSA) is 55.8 Å². The van der Waals surface area contributed by atoms with E-state index in [0.717, 1.165) is 0 Å². The number of hydrogen-bond acceptors (Lipinski definition) is 4. The minimum atomic E-state index is -0.774. The number of amides is 1. The molecule has 0 aromatic heterocycles. The van der Waals surface area contributed by atoms with E-state index >= 15 is 0 Å². The van der Waals surface area contributed by atoms with E-state index in [2.05, 4.69) is 0 Å².